The summed E-state index contributed by atoms with van der Waals surface area (Å²) >= 11 is 0. The summed E-state index contributed by atoms with van der Waals surface area (Å²) in [5.41, 5.74) is 0.672. The molecular weight excluding hydrogens is 324 g/mol. The Morgan fingerprint density at radius 3 is 2.69 bits per heavy atom. The molecule has 0 amide bonds. The summed E-state index contributed by atoms with van der Waals surface area (Å²) in [6, 6.07) is 0. The monoisotopic (exact) mass is 356 g/mol. The van der Waals surface area contributed by atoms with Gasteiger partial charge in [0.15, 0.2) is 5.78 Å². The van der Waals surface area contributed by atoms with Crippen LogP contribution in [-0.4, -0.2) is 28.2 Å². The predicted molar refractivity (Wildman–Crippen MR) is 100 cm³/mol. The van der Waals surface area contributed by atoms with Crippen LogP contribution in [0.5, 0.6) is 0 Å². The maximum Gasteiger partial charge on any atom is 0.155 e. The molecule has 4 saturated carbocycles. The molecule has 5 unspecified atom stereocenters. The molecule has 0 aromatic carbocycles. The number of hydrogen-bond acceptors (Lipinski definition) is 3. The SMILES string of the molecule is C[C@@]12CCC3C4CCC(=O)C=C4CCC3C1CC1(CC1)C2(O)/C=C\CO. The zero-order chi connectivity index (χ0) is 18.2. The Morgan fingerprint density at radius 2 is 1.96 bits per heavy atom. The molecule has 2 N–H and O–H groups in total. The third-order valence-corrected chi connectivity index (χ3v) is 9.30. The maximum absolute atomic E-state index is 11.9. The van der Waals surface area contributed by atoms with Crippen LogP contribution in [0.2, 0.25) is 0 Å². The summed E-state index contributed by atoms with van der Waals surface area (Å²) in [6.45, 7) is 2.34. The van der Waals surface area contributed by atoms with Gasteiger partial charge in [-0.05, 0) is 81.1 Å². The predicted octanol–water partition coefficient (Wildman–Crippen LogP) is 3.80. The molecule has 6 atom stereocenters. The Labute approximate surface area is 156 Å². The Kier molecular flexibility index (Phi) is 3.66. The van der Waals surface area contributed by atoms with E-state index < -0.39 is 5.60 Å². The number of carbonyl (C=O) groups is 1. The fraction of sp³-hybridized carbons (Fsp3) is 0.783. The van der Waals surface area contributed by atoms with Gasteiger partial charge in [0.2, 0.25) is 0 Å². The number of carbonyl (C=O) groups excluding carboxylic acids is 1. The largest absolute Gasteiger partial charge is 0.392 e. The van der Waals surface area contributed by atoms with Gasteiger partial charge in [0.1, 0.15) is 0 Å². The molecule has 0 heterocycles. The summed E-state index contributed by atoms with van der Waals surface area (Å²) < 4.78 is 0. The van der Waals surface area contributed by atoms with Crippen LogP contribution in [0.25, 0.3) is 0 Å². The highest BCUT2D eigenvalue weighted by Crippen LogP contribution is 2.76. The molecule has 0 aromatic heterocycles. The van der Waals surface area contributed by atoms with E-state index in [2.05, 4.69) is 6.92 Å². The molecule has 3 nitrogen and oxygen atoms in total. The average molecular weight is 357 g/mol. The number of aliphatic hydroxyl groups is 2. The van der Waals surface area contributed by atoms with Gasteiger partial charge >= 0.3 is 0 Å². The van der Waals surface area contributed by atoms with Gasteiger partial charge in [0.05, 0.1) is 12.2 Å². The zero-order valence-corrected chi connectivity index (χ0v) is 15.9. The van der Waals surface area contributed by atoms with Gasteiger partial charge in [-0.3, -0.25) is 4.79 Å². The second kappa shape index (κ2) is 5.54. The topological polar surface area (TPSA) is 57.5 Å². The molecule has 5 aliphatic rings. The van der Waals surface area contributed by atoms with Gasteiger partial charge in [0, 0.05) is 17.3 Å². The summed E-state index contributed by atoms with van der Waals surface area (Å²) in [6.07, 6.45) is 15.4. The fourth-order valence-electron chi connectivity index (χ4n) is 7.86. The smallest absolute Gasteiger partial charge is 0.155 e. The lowest BCUT2D eigenvalue weighted by atomic mass is 9.50. The molecule has 26 heavy (non-hydrogen) atoms. The van der Waals surface area contributed by atoms with Crippen LogP contribution >= 0.6 is 0 Å². The second-order valence-electron chi connectivity index (χ2n) is 10.1. The number of aliphatic hydroxyl groups excluding tert-OH is 1. The molecule has 1 spiro atoms. The van der Waals surface area contributed by atoms with Crippen molar-refractivity contribution < 1.29 is 15.0 Å². The Balaban J connectivity index is 1.50. The third-order valence-electron chi connectivity index (χ3n) is 9.30. The lowest BCUT2D eigenvalue weighted by molar-refractivity contribution is -0.117. The van der Waals surface area contributed by atoms with Crippen LogP contribution in [0.3, 0.4) is 0 Å². The van der Waals surface area contributed by atoms with Crippen molar-refractivity contribution in [2.45, 2.75) is 70.3 Å². The van der Waals surface area contributed by atoms with Gasteiger partial charge < -0.3 is 10.2 Å². The lowest BCUT2D eigenvalue weighted by Crippen LogP contribution is -2.53. The zero-order valence-electron chi connectivity index (χ0n) is 15.9. The normalized spacial score (nSPS) is 48.9. The number of hydrogen-bond donors (Lipinski definition) is 2. The number of rotatable bonds is 2. The van der Waals surface area contributed by atoms with Crippen molar-refractivity contribution in [1.29, 1.82) is 0 Å². The highest BCUT2D eigenvalue weighted by atomic mass is 16.3. The Morgan fingerprint density at radius 1 is 1.15 bits per heavy atom. The van der Waals surface area contributed by atoms with E-state index in [-0.39, 0.29) is 17.4 Å². The highest BCUT2D eigenvalue weighted by molar-refractivity contribution is 5.91. The first kappa shape index (κ1) is 17.2. The first-order chi connectivity index (χ1) is 12.4. The minimum absolute atomic E-state index is 0.00937. The van der Waals surface area contributed by atoms with E-state index in [4.69, 9.17) is 0 Å². The van der Waals surface area contributed by atoms with Gasteiger partial charge in [-0.15, -0.1) is 0 Å². The van der Waals surface area contributed by atoms with Crippen molar-refractivity contribution in [2.75, 3.05) is 6.61 Å². The Hall–Kier alpha value is -0.930. The van der Waals surface area contributed by atoms with E-state index in [1.807, 2.05) is 12.2 Å². The average Bonchev–Trinajstić information content (AvgIpc) is 3.39. The molecule has 0 radical (unpaired) electrons. The molecule has 0 aromatic rings. The first-order valence-electron chi connectivity index (χ1n) is 10.7. The van der Waals surface area contributed by atoms with E-state index in [9.17, 15) is 15.0 Å². The summed E-state index contributed by atoms with van der Waals surface area (Å²) in [7, 11) is 0. The van der Waals surface area contributed by atoms with Crippen molar-refractivity contribution >= 4 is 5.78 Å². The molecule has 3 heteroatoms. The highest BCUT2D eigenvalue weighted by Gasteiger charge is 2.74. The van der Waals surface area contributed by atoms with Gasteiger partial charge in [-0.2, -0.15) is 0 Å². The first-order valence-corrected chi connectivity index (χ1v) is 10.7. The molecular formula is C23H32O3. The molecule has 5 aliphatic carbocycles. The summed E-state index contributed by atoms with van der Waals surface area (Å²) in [4.78, 5) is 11.9. The maximum atomic E-state index is 11.9. The van der Waals surface area contributed by atoms with Crippen LogP contribution < -0.4 is 0 Å². The van der Waals surface area contributed by atoms with E-state index >= 15 is 0 Å². The van der Waals surface area contributed by atoms with Crippen molar-refractivity contribution in [3.8, 4) is 0 Å². The van der Waals surface area contributed by atoms with Gasteiger partial charge in [-0.1, -0.05) is 24.6 Å². The van der Waals surface area contributed by atoms with E-state index in [0.717, 1.165) is 44.9 Å². The quantitative estimate of drug-likeness (QED) is 0.740. The van der Waals surface area contributed by atoms with Crippen molar-refractivity contribution in [2.24, 2.45) is 34.5 Å². The summed E-state index contributed by atoms with van der Waals surface area (Å²) in [5.74, 6) is 2.93. The minimum atomic E-state index is -0.753. The fourth-order valence-corrected chi connectivity index (χ4v) is 7.86. The van der Waals surface area contributed by atoms with E-state index in [1.54, 1.807) is 6.08 Å². The van der Waals surface area contributed by atoms with Crippen LogP contribution in [0.4, 0.5) is 0 Å². The number of fused-ring (bicyclic) bond motifs is 5. The minimum Gasteiger partial charge on any atom is -0.392 e. The molecule has 0 saturated heterocycles. The second-order valence-corrected chi connectivity index (χ2v) is 10.1. The molecule has 142 valence electrons. The van der Waals surface area contributed by atoms with Crippen molar-refractivity contribution in [3.63, 3.8) is 0 Å². The molecule has 5 rings (SSSR count). The number of allylic oxidation sites excluding steroid dienone is 1. The van der Waals surface area contributed by atoms with Crippen LogP contribution in [0.15, 0.2) is 23.8 Å². The van der Waals surface area contributed by atoms with Crippen molar-refractivity contribution in [3.05, 3.63) is 23.8 Å². The van der Waals surface area contributed by atoms with Crippen molar-refractivity contribution in [1.82, 2.24) is 0 Å². The molecule has 0 bridgehead atoms. The van der Waals surface area contributed by atoms with E-state index in [1.165, 1.54) is 18.4 Å². The van der Waals surface area contributed by atoms with Crippen LogP contribution in [0, 0.1) is 34.5 Å². The standard InChI is InChI=1S/C23H32O3/c1-21-9-7-18-17-6-4-16(25)13-15(17)3-5-19(18)20(21)14-22(10-11-22)23(21,26)8-2-12-24/h2,8,13,17-20,24,26H,3-7,9-12,14H2,1H3/b8-2-/t17?,18?,19?,20?,21-,23?/m1/s1. The van der Waals surface area contributed by atoms with Gasteiger partial charge in [-0.25, -0.2) is 0 Å². The third kappa shape index (κ3) is 2.05. The molecule has 4 fully saturated rings. The van der Waals surface area contributed by atoms with Gasteiger partial charge in [0.25, 0.3) is 0 Å². The van der Waals surface area contributed by atoms with E-state index in [0.29, 0.717) is 29.5 Å². The molecule has 0 aliphatic heterocycles. The van der Waals surface area contributed by atoms with Crippen LogP contribution in [0.1, 0.15) is 64.7 Å². The van der Waals surface area contributed by atoms with Crippen LogP contribution in [-0.2, 0) is 4.79 Å². The number of ketones is 1. The summed E-state index contributed by atoms with van der Waals surface area (Å²) in [5, 5.41) is 21.2. The Bertz CT molecular complexity index is 688. The lowest BCUT2D eigenvalue weighted by Gasteiger charge is -2.55.